The van der Waals surface area contributed by atoms with E-state index in [0.717, 1.165) is 6.54 Å². The molecule has 1 saturated heterocycles. The summed E-state index contributed by atoms with van der Waals surface area (Å²) in [5.41, 5.74) is 0.317. The Morgan fingerprint density at radius 3 is 2.42 bits per heavy atom. The predicted molar refractivity (Wildman–Crippen MR) is 45.0 cm³/mol. The van der Waals surface area contributed by atoms with Gasteiger partial charge in [-0.15, -0.1) is 0 Å². The monoisotopic (exact) mass is 169 g/mol. The van der Waals surface area contributed by atoms with Crippen molar-refractivity contribution in [2.75, 3.05) is 6.54 Å². The Kier molecular flexibility index (Phi) is 1.65. The average Bonchev–Trinajstić information content (AvgIpc) is 1.81. The highest BCUT2D eigenvalue weighted by Crippen LogP contribution is 2.47. The SMILES string of the molecule is CC(C(=O)O)N1CCC12CCC2. The topological polar surface area (TPSA) is 40.5 Å². The van der Waals surface area contributed by atoms with Crippen molar-refractivity contribution in [2.24, 2.45) is 0 Å². The minimum absolute atomic E-state index is 0.279. The van der Waals surface area contributed by atoms with Crippen LogP contribution in [-0.2, 0) is 4.79 Å². The van der Waals surface area contributed by atoms with E-state index in [9.17, 15) is 4.79 Å². The molecular weight excluding hydrogens is 154 g/mol. The lowest BCUT2D eigenvalue weighted by molar-refractivity contribution is -0.158. The molecule has 1 saturated carbocycles. The molecule has 0 bridgehead atoms. The van der Waals surface area contributed by atoms with Crippen LogP contribution in [0.1, 0.15) is 32.6 Å². The normalized spacial score (nSPS) is 29.1. The fourth-order valence-electron chi connectivity index (χ4n) is 2.42. The van der Waals surface area contributed by atoms with Crippen molar-refractivity contribution < 1.29 is 9.90 Å². The van der Waals surface area contributed by atoms with Crippen LogP contribution >= 0.6 is 0 Å². The number of carboxylic acids is 1. The van der Waals surface area contributed by atoms with E-state index in [1.54, 1.807) is 6.92 Å². The zero-order valence-corrected chi connectivity index (χ0v) is 7.42. The first-order chi connectivity index (χ1) is 5.66. The van der Waals surface area contributed by atoms with Gasteiger partial charge in [-0.2, -0.15) is 0 Å². The van der Waals surface area contributed by atoms with Crippen molar-refractivity contribution in [1.82, 2.24) is 4.90 Å². The Balaban J connectivity index is 2.01. The Morgan fingerprint density at radius 2 is 2.17 bits per heavy atom. The molecule has 1 aliphatic heterocycles. The lowest BCUT2D eigenvalue weighted by atomic mass is 9.67. The molecule has 0 radical (unpaired) electrons. The van der Waals surface area contributed by atoms with Crippen LogP contribution in [0.15, 0.2) is 0 Å². The molecule has 2 rings (SSSR count). The number of likely N-dealkylation sites (tertiary alicyclic amines) is 1. The standard InChI is InChI=1S/C9H15NO2/c1-7(8(11)12)10-6-5-9(10)3-2-4-9/h7H,2-6H2,1H3,(H,11,12). The van der Waals surface area contributed by atoms with Crippen molar-refractivity contribution in [1.29, 1.82) is 0 Å². The van der Waals surface area contributed by atoms with Gasteiger partial charge in [-0.1, -0.05) is 0 Å². The number of rotatable bonds is 2. The smallest absolute Gasteiger partial charge is 0.320 e. The summed E-state index contributed by atoms with van der Waals surface area (Å²) < 4.78 is 0. The maximum atomic E-state index is 10.7. The number of aliphatic carboxylic acids is 1. The molecule has 0 aromatic carbocycles. The second-order valence-corrected chi connectivity index (χ2v) is 4.04. The van der Waals surface area contributed by atoms with Crippen molar-refractivity contribution in [3.63, 3.8) is 0 Å². The van der Waals surface area contributed by atoms with Gasteiger partial charge >= 0.3 is 5.97 Å². The van der Waals surface area contributed by atoms with Gasteiger partial charge in [0.2, 0.25) is 0 Å². The maximum Gasteiger partial charge on any atom is 0.320 e. The van der Waals surface area contributed by atoms with Crippen molar-refractivity contribution in [2.45, 2.75) is 44.2 Å². The van der Waals surface area contributed by atoms with Gasteiger partial charge in [0.1, 0.15) is 6.04 Å². The molecule has 1 N–H and O–H groups in total. The molecule has 1 unspecified atom stereocenters. The van der Waals surface area contributed by atoms with Gasteiger partial charge in [-0.05, 0) is 32.6 Å². The van der Waals surface area contributed by atoms with Crippen LogP contribution in [0.5, 0.6) is 0 Å². The van der Waals surface area contributed by atoms with Gasteiger partial charge in [0.25, 0.3) is 0 Å². The molecule has 0 aromatic heterocycles. The third-order valence-corrected chi connectivity index (χ3v) is 3.54. The molecule has 1 aliphatic carbocycles. The Labute approximate surface area is 72.4 Å². The van der Waals surface area contributed by atoms with Crippen LogP contribution in [0.3, 0.4) is 0 Å². The average molecular weight is 169 g/mol. The summed E-state index contributed by atoms with van der Waals surface area (Å²) >= 11 is 0. The second kappa shape index (κ2) is 2.46. The summed E-state index contributed by atoms with van der Waals surface area (Å²) in [6, 6.07) is -0.279. The molecule has 3 nitrogen and oxygen atoms in total. The van der Waals surface area contributed by atoms with E-state index in [4.69, 9.17) is 5.11 Å². The first kappa shape index (κ1) is 8.05. The Bertz CT molecular complexity index is 205. The van der Waals surface area contributed by atoms with E-state index in [-0.39, 0.29) is 6.04 Å². The van der Waals surface area contributed by atoms with E-state index in [0.29, 0.717) is 5.54 Å². The van der Waals surface area contributed by atoms with Gasteiger partial charge in [-0.25, -0.2) is 0 Å². The van der Waals surface area contributed by atoms with E-state index < -0.39 is 5.97 Å². The number of nitrogens with zero attached hydrogens (tertiary/aromatic N) is 1. The number of hydrogen-bond acceptors (Lipinski definition) is 2. The van der Waals surface area contributed by atoms with E-state index in [1.165, 1.54) is 25.7 Å². The number of hydrogen-bond donors (Lipinski definition) is 1. The summed E-state index contributed by atoms with van der Waals surface area (Å²) in [7, 11) is 0. The van der Waals surface area contributed by atoms with Gasteiger partial charge in [0.05, 0.1) is 0 Å². The molecule has 2 aliphatic rings. The summed E-state index contributed by atoms with van der Waals surface area (Å²) in [6.45, 7) is 2.77. The predicted octanol–water partition coefficient (Wildman–Crippen LogP) is 1.09. The molecule has 12 heavy (non-hydrogen) atoms. The van der Waals surface area contributed by atoms with Crippen LogP contribution < -0.4 is 0 Å². The van der Waals surface area contributed by atoms with Crippen molar-refractivity contribution >= 4 is 5.97 Å². The highest BCUT2D eigenvalue weighted by atomic mass is 16.4. The van der Waals surface area contributed by atoms with Crippen LogP contribution in [0, 0.1) is 0 Å². The van der Waals surface area contributed by atoms with Gasteiger partial charge in [0, 0.05) is 12.1 Å². The van der Waals surface area contributed by atoms with Crippen LogP contribution in [-0.4, -0.2) is 34.1 Å². The molecular formula is C9H15NO2. The largest absolute Gasteiger partial charge is 0.480 e. The summed E-state index contributed by atoms with van der Waals surface area (Å²) in [6.07, 6.45) is 4.92. The zero-order chi connectivity index (χ0) is 8.77. The number of carbonyl (C=O) groups is 1. The summed E-state index contributed by atoms with van der Waals surface area (Å²) in [4.78, 5) is 12.9. The molecule has 1 heterocycles. The van der Waals surface area contributed by atoms with Gasteiger partial charge in [0.15, 0.2) is 0 Å². The highest BCUT2D eigenvalue weighted by Gasteiger charge is 2.51. The molecule has 3 heteroatoms. The van der Waals surface area contributed by atoms with Crippen molar-refractivity contribution in [3.05, 3.63) is 0 Å². The highest BCUT2D eigenvalue weighted by molar-refractivity contribution is 5.73. The third-order valence-electron chi connectivity index (χ3n) is 3.54. The second-order valence-electron chi connectivity index (χ2n) is 4.04. The minimum Gasteiger partial charge on any atom is -0.480 e. The lowest BCUT2D eigenvalue weighted by Gasteiger charge is -2.60. The summed E-state index contributed by atoms with van der Waals surface area (Å²) in [5.74, 6) is -0.680. The van der Waals surface area contributed by atoms with Crippen LogP contribution in [0.25, 0.3) is 0 Å². The molecule has 0 aromatic rings. The van der Waals surface area contributed by atoms with E-state index >= 15 is 0 Å². The summed E-state index contributed by atoms with van der Waals surface area (Å²) in [5, 5.41) is 8.83. The molecule has 1 spiro atoms. The van der Waals surface area contributed by atoms with Gasteiger partial charge < -0.3 is 5.11 Å². The molecule has 1 atom stereocenters. The lowest BCUT2D eigenvalue weighted by Crippen LogP contribution is -2.67. The van der Waals surface area contributed by atoms with Crippen LogP contribution in [0.2, 0.25) is 0 Å². The number of carboxylic acid groups (broad SMARTS) is 1. The fraction of sp³-hybridized carbons (Fsp3) is 0.889. The van der Waals surface area contributed by atoms with Crippen LogP contribution in [0.4, 0.5) is 0 Å². The third kappa shape index (κ3) is 0.891. The first-order valence-corrected chi connectivity index (χ1v) is 4.65. The molecule has 0 amide bonds. The molecule has 68 valence electrons. The maximum absolute atomic E-state index is 10.7. The van der Waals surface area contributed by atoms with Crippen molar-refractivity contribution in [3.8, 4) is 0 Å². The minimum atomic E-state index is -0.680. The Morgan fingerprint density at radius 1 is 1.50 bits per heavy atom. The quantitative estimate of drug-likeness (QED) is 0.672. The van der Waals surface area contributed by atoms with E-state index in [1.807, 2.05) is 0 Å². The van der Waals surface area contributed by atoms with Gasteiger partial charge in [-0.3, -0.25) is 9.69 Å². The first-order valence-electron chi connectivity index (χ1n) is 4.65. The zero-order valence-electron chi connectivity index (χ0n) is 7.42. The fourth-order valence-corrected chi connectivity index (χ4v) is 2.42. The Hall–Kier alpha value is -0.570. The van der Waals surface area contributed by atoms with E-state index in [2.05, 4.69) is 4.90 Å². The molecule has 2 fully saturated rings.